The fraction of sp³-hybridized carbons (Fsp3) is 0.133. The number of nitrogens with zero attached hydrogens (tertiary/aromatic N) is 2. The Morgan fingerprint density at radius 3 is 2.76 bits per heavy atom. The standard InChI is InChI=1S/C15H15N5O/c1-10(14-18-11-6-2-3-7-12(11)19-14)17-15(21)20-13-8-4-5-9-16-13/h2-10H,1H3,(H,18,19)(H2,16,17,20,21). The first-order valence-electron chi connectivity index (χ1n) is 6.65. The third-order valence-corrected chi connectivity index (χ3v) is 3.07. The van der Waals surface area contributed by atoms with Crippen molar-refractivity contribution < 1.29 is 4.79 Å². The van der Waals surface area contributed by atoms with Gasteiger partial charge in [-0.25, -0.2) is 14.8 Å². The molecule has 2 heterocycles. The zero-order valence-corrected chi connectivity index (χ0v) is 11.5. The molecule has 3 aromatic rings. The van der Waals surface area contributed by atoms with Gasteiger partial charge in [0.05, 0.1) is 17.1 Å². The van der Waals surface area contributed by atoms with Crippen LogP contribution in [0.5, 0.6) is 0 Å². The van der Waals surface area contributed by atoms with E-state index in [4.69, 9.17) is 0 Å². The highest BCUT2D eigenvalue weighted by Crippen LogP contribution is 2.15. The number of anilines is 1. The number of fused-ring (bicyclic) bond motifs is 1. The molecule has 6 nitrogen and oxygen atoms in total. The molecule has 6 heteroatoms. The lowest BCUT2D eigenvalue weighted by Crippen LogP contribution is -2.31. The molecule has 0 fully saturated rings. The van der Waals surface area contributed by atoms with Gasteiger partial charge in [0.2, 0.25) is 0 Å². The number of imidazole rings is 1. The lowest BCUT2D eigenvalue weighted by Gasteiger charge is -2.12. The van der Waals surface area contributed by atoms with Crippen LogP contribution < -0.4 is 10.6 Å². The molecular weight excluding hydrogens is 266 g/mol. The number of aromatic amines is 1. The third kappa shape index (κ3) is 3.00. The number of para-hydroxylation sites is 2. The second-order valence-electron chi connectivity index (χ2n) is 4.67. The van der Waals surface area contributed by atoms with Crippen molar-refractivity contribution >= 4 is 22.9 Å². The van der Waals surface area contributed by atoms with E-state index in [0.29, 0.717) is 11.6 Å². The van der Waals surface area contributed by atoms with Gasteiger partial charge in [0.1, 0.15) is 11.6 Å². The molecule has 2 aromatic heterocycles. The monoisotopic (exact) mass is 281 g/mol. The number of amides is 2. The molecule has 0 aliphatic rings. The molecule has 0 radical (unpaired) electrons. The first-order valence-corrected chi connectivity index (χ1v) is 6.65. The van der Waals surface area contributed by atoms with Crippen molar-refractivity contribution in [1.29, 1.82) is 0 Å². The number of aromatic nitrogens is 3. The Morgan fingerprint density at radius 2 is 2.00 bits per heavy atom. The van der Waals surface area contributed by atoms with E-state index in [0.717, 1.165) is 11.0 Å². The lowest BCUT2D eigenvalue weighted by molar-refractivity contribution is 0.249. The molecule has 0 spiro atoms. The van der Waals surface area contributed by atoms with Crippen LogP contribution in [-0.4, -0.2) is 21.0 Å². The summed E-state index contributed by atoms with van der Waals surface area (Å²) in [4.78, 5) is 23.6. The van der Waals surface area contributed by atoms with Crippen LogP contribution in [0.4, 0.5) is 10.6 Å². The van der Waals surface area contributed by atoms with Crippen LogP contribution in [0, 0.1) is 0 Å². The van der Waals surface area contributed by atoms with Gasteiger partial charge in [-0.1, -0.05) is 18.2 Å². The summed E-state index contributed by atoms with van der Waals surface area (Å²) in [6.07, 6.45) is 1.62. The Hall–Kier alpha value is -2.89. The molecule has 0 saturated heterocycles. The number of rotatable bonds is 3. The maximum absolute atomic E-state index is 11.9. The predicted octanol–water partition coefficient (Wildman–Crippen LogP) is 2.84. The zero-order chi connectivity index (χ0) is 14.7. The van der Waals surface area contributed by atoms with Crippen molar-refractivity contribution in [1.82, 2.24) is 20.3 Å². The van der Waals surface area contributed by atoms with Crippen LogP contribution in [0.1, 0.15) is 18.8 Å². The number of nitrogens with one attached hydrogen (secondary N) is 3. The van der Waals surface area contributed by atoms with Crippen LogP contribution in [0.2, 0.25) is 0 Å². The lowest BCUT2D eigenvalue weighted by atomic mass is 10.3. The summed E-state index contributed by atoms with van der Waals surface area (Å²) in [5.74, 6) is 1.22. The summed E-state index contributed by atoms with van der Waals surface area (Å²) in [6.45, 7) is 1.87. The van der Waals surface area contributed by atoms with Crippen LogP contribution in [-0.2, 0) is 0 Å². The van der Waals surface area contributed by atoms with Crippen molar-refractivity contribution in [3.05, 3.63) is 54.5 Å². The number of carbonyl (C=O) groups is 1. The van der Waals surface area contributed by atoms with Crippen LogP contribution in [0.15, 0.2) is 48.7 Å². The Labute approximate surface area is 121 Å². The van der Waals surface area contributed by atoms with E-state index in [9.17, 15) is 4.79 Å². The third-order valence-electron chi connectivity index (χ3n) is 3.07. The second-order valence-corrected chi connectivity index (χ2v) is 4.67. The quantitative estimate of drug-likeness (QED) is 0.690. The highest BCUT2D eigenvalue weighted by molar-refractivity contribution is 5.88. The molecule has 0 aliphatic carbocycles. The number of urea groups is 1. The minimum Gasteiger partial charge on any atom is -0.340 e. The van der Waals surface area contributed by atoms with E-state index in [1.807, 2.05) is 37.3 Å². The van der Waals surface area contributed by atoms with E-state index >= 15 is 0 Å². The van der Waals surface area contributed by atoms with Crippen molar-refractivity contribution in [2.24, 2.45) is 0 Å². The molecule has 3 rings (SSSR count). The van der Waals surface area contributed by atoms with Crippen LogP contribution in [0.3, 0.4) is 0 Å². The minimum absolute atomic E-state index is 0.235. The van der Waals surface area contributed by atoms with Gasteiger partial charge in [-0.2, -0.15) is 0 Å². The van der Waals surface area contributed by atoms with Crippen molar-refractivity contribution in [2.45, 2.75) is 13.0 Å². The number of hydrogen-bond donors (Lipinski definition) is 3. The predicted molar refractivity (Wildman–Crippen MR) is 80.9 cm³/mol. The Balaban J connectivity index is 1.68. The largest absolute Gasteiger partial charge is 0.340 e. The SMILES string of the molecule is CC(NC(=O)Nc1ccccn1)c1nc2ccccc2[nH]1. The number of carbonyl (C=O) groups excluding carboxylic acids is 1. The molecule has 21 heavy (non-hydrogen) atoms. The molecule has 3 N–H and O–H groups in total. The van der Waals surface area contributed by atoms with E-state index in [2.05, 4.69) is 25.6 Å². The summed E-state index contributed by atoms with van der Waals surface area (Å²) in [7, 11) is 0. The maximum atomic E-state index is 11.9. The first kappa shape index (κ1) is 13.1. The number of pyridine rings is 1. The minimum atomic E-state index is -0.318. The summed E-state index contributed by atoms with van der Waals surface area (Å²) >= 11 is 0. The van der Waals surface area contributed by atoms with Crippen molar-refractivity contribution in [2.75, 3.05) is 5.32 Å². The molecule has 1 aromatic carbocycles. The Kier molecular flexibility index (Phi) is 3.51. The van der Waals surface area contributed by atoms with Gasteiger partial charge in [0.15, 0.2) is 0 Å². The maximum Gasteiger partial charge on any atom is 0.320 e. The number of benzene rings is 1. The second kappa shape index (κ2) is 5.62. The van der Waals surface area contributed by atoms with E-state index < -0.39 is 0 Å². The Morgan fingerprint density at radius 1 is 1.19 bits per heavy atom. The molecule has 0 bridgehead atoms. The average molecular weight is 281 g/mol. The Bertz CT molecular complexity index is 720. The highest BCUT2D eigenvalue weighted by Gasteiger charge is 2.13. The van der Waals surface area contributed by atoms with E-state index in [1.54, 1.807) is 18.3 Å². The van der Waals surface area contributed by atoms with Crippen molar-refractivity contribution in [3.63, 3.8) is 0 Å². The van der Waals surface area contributed by atoms with Gasteiger partial charge in [0.25, 0.3) is 0 Å². The average Bonchev–Trinajstić information content (AvgIpc) is 2.92. The number of H-pyrrole nitrogens is 1. The fourth-order valence-corrected chi connectivity index (χ4v) is 2.03. The summed E-state index contributed by atoms with van der Waals surface area (Å²) < 4.78 is 0. The smallest absolute Gasteiger partial charge is 0.320 e. The van der Waals surface area contributed by atoms with E-state index in [1.165, 1.54) is 0 Å². The van der Waals surface area contributed by atoms with Gasteiger partial charge >= 0.3 is 6.03 Å². The molecular formula is C15H15N5O. The van der Waals surface area contributed by atoms with Gasteiger partial charge < -0.3 is 10.3 Å². The van der Waals surface area contributed by atoms with Crippen molar-refractivity contribution in [3.8, 4) is 0 Å². The topological polar surface area (TPSA) is 82.7 Å². The van der Waals surface area contributed by atoms with Gasteiger partial charge in [-0.3, -0.25) is 5.32 Å². The molecule has 106 valence electrons. The van der Waals surface area contributed by atoms with Crippen LogP contribution in [0.25, 0.3) is 11.0 Å². The molecule has 1 atom stereocenters. The molecule has 0 aliphatic heterocycles. The zero-order valence-electron chi connectivity index (χ0n) is 11.5. The highest BCUT2D eigenvalue weighted by atomic mass is 16.2. The summed E-state index contributed by atoms with van der Waals surface area (Å²) in [6, 6.07) is 12.5. The fourth-order valence-electron chi connectivity index (χ4n) is 2.03. The number of hydrogen-bond acceptors (Lipinski definition) is 3. The summed E-state index contributed by atoms with van der Waals surface area (Å²) in [5.41, 5.74) is 1.83. The van der Waals surface area contributed by atoms with Gasteiger partial charge in [-0.05, 0) is 31.2 Å². The molecule has 1 unspecified atom stereocenters. The van der Waals surface area contributed by atoms with Gasteiger partial charge in [-0.15, -0.1) is 0 Å². The van der Waals surface area contributed by atoms with Crippen LogP contribution >= 0.6 is 0 Å². The van der Waals surface area contributed by atoms with Gasteiger partial charge in [0, 0.05) is 6.20 Å². The molecule has 0 saturated carbocycles. The van der Waals surface area contributed by atoms with E-state index in [-0.39, 0.29) is 12.1 Å². The summed E-state index contributed by atoms with van der Waals surface area (Å²) in [5, 5.41) is 5.50. The normalized spacial score (nSPS) is 12.0. The molecule has 2 amide bonds. The first-order chi connectivity index (χ1) is 10.2.